The van der Waals surface area contributed by atoms with Gasteiger partial charge in [0.05, 0.1) is 0 Å². The molecule has 1 aliphatic carbocycles. The zero-order valence-electron chi connectivity index (χ0n) is 22.1. The zero-order chi connectivity index (χ0) is 26.4. The number of carbonyl (C=O) groups is 3. The van der Waals surface area contributed by atoms with E-state index in [0.29, 0.717) is 12.0 Å². The quantitative estimate of drug-likeness (QED) is 0.247. The number of esters is 1. The minimum Gasteiger partial charge on any atom is -0.457 e. The summed E-state index contributed by atoms with van der Waals surface area (Å²) in [6, 6.07) is 8.81. The molecule has 1 aliphatic rings. The maximum Gasteiger partial charge on any atom is 0.423 e. The number of hydrogen-bond acceptors (Lipinski definition) is 6. The van der Waals surface area contributed by atoms with Crippen LogP contribution < -0.4 is 0 Å². The standard InChI is InChI=1S/C27H40FNO6/c1-19-13-11-12-16-21(19)17-27(28,22(30)33-18-20-14-9-8-10-15-20)29(23(31)34-25(2,3)4)24(32)35-26(5,6)7/h8-10,14-15,19,21H,11-13,16-18H2,1-7H3/t19-,21+,27?/m1/s1. The Morgan fingerprint density at radius 2 is 1.43 bits per heavy atom. The number of hydrogen-bond donors (Lipinski definition) is 0. The molecule has 3 atom stereocenters. The summed E-state index contributed by atoms with van der Waals surface area (Å²) in [5.41, 5.74) is -1.43. The second-order valence-electron chi connectivity index (χ2n) is 11.3. The van der Waals surface area contributed by atoms with Crippen LogP contribution >= 0.6 is 0 Å². The molecule has 0 N–H and O–H groups in total. The number of alkyl halides is 1. The van der Waals surface area contributed by atoms with E-state index in [1.54, 1.807) is 65.8 Å². The average Bonchev–Trinajstić information content (AvgIpc) is 2.71. The Morgan fingerprint density at radius 3 is 1.91 bits per heavy atom. The molecule has 2 rings (SSSR count). The number of benzene rings is 1. The third-order valence-corrected chi connectivity index (χ3v) is 5.85. The highest BCUT2D eigenvalue weighted by Crippen LogP contribution is 2.40. The summed E-state index contributed by atoms with van der Waals surface area (Å²) in [5, 5.41) is 0. The van der Waals surface area contributed by atoms with Crippen molar-refractivity contribution in [1.82, 2.24) is 4.90 Å². The SMILES string of the molecule is C[C@@H]1CCCC[C@H]1CC(F)(C(=O)OCc1ccccc1)N(C(=O)OC(C)(C)C)C(=O)OC(C)(C)C. The fourth-order valence-corrected chi connectivity index (χ4v) is 4.12. The molecule has 0 radical (unpaired) electrons. The lowest BCUT2D eigenvalue weighted by atomic mass is 9.76. The molecule has 0 aromatic heterocycles. The lowest BCUT2D eigenvalue weighted by molar-refractivity contribution is -0.175. The molecule has 7 nitrogen and oxygen atoms in total. The molecular weight excluding hydrogens is 453 g/mol. The molecule has 0 aliphatic heterocycles. The molecule has 0 saturated heterocycles. The van der Waals surface area contributed by atoms with Crippen molar-refractivity contribution in [2.45, 2.75) is 104 Å². The van der Waals surface area contributed by atoms with Crippen LogP contribution in [0.15, 0.2) is 30.3 Å². The maximum absolute atomic E-state index is 17.0. The van der Waals surface area contributed by atoms with Crippen molar-refractivity contribution in [1.29, 1.82) is 0 Å². The molecule has 0 bridgehead atoms. The van der Waals surface area contributed by atoms with Crippen LogP contribution in [0, 0.1) is 11.8 Å². The van der Waals surface area contributed by atoms with Gasteiger partial charge in [0.1, 0.15) is 17.8 Å². The third-order valence-electron chi connectivity index (χ3n) is 5.85. The number of carbonyl (C=O) groups excluding carboxylic acids is 3. The van der Waals surface area contributed by atoms with Crippen LogP contribution in [0.4, 0.5) is 14.0 Å². The number of ether oxygens (including phenoxy) is 3. The van der Waals surface area contributed by atoms with Gasteiger partial charge in [-0.1, -0.05) is 56.5 Å². The Hall–Kier alpha value is -2.64. The largest absolute Gasteiger partial charge is 0.457 e. The van der Waals surface area contributed by atoms with Crippen LogP contribution in [-0.4, -0.2) is 40.1 Å². The lowest BCUT2D eigenvalue weighted by Gasteiger charge is -2.39. The van der Waals surface area contributed by atoms with Crippen molar-refractivity contribution in [3.63, 3.8) is 0 Å². The van der Waals surface area contributed by atoms with Crippen LogP contribution in [-0.2, 0) is 25.6 Å². The number of nitrogens with zero attached hydrogens (tertiary/aromatic N) is 1. The third kappa shape index (κ3) is 8.51. The Morgan fingerprint density at radius 1 is 0.914 bits per heavy atom. The van der Waals surface area contributed by atoms with Crippen molar-refractivity contribution < 1.29 is 33.0 Å². The predicted octanol–water partition coefficient (Wildman–Crippen LogP) is 6.78. The van der Waals surface area contributed by atoms with E-state index in [4.69, 9.17) is 14.2 Å². The monoisotopic (exact) mass is 493 g/mol. The van der Waals surface area contributed by atoms with Gasteiger partial charge in [-0.05, 0) is 65.4 Å². The van der Waals surface area contributed by atoms with Crippen molar-refractivity contribution >= 4 is 18.2 Å². The van der Waals surface area contributed by atoms with E-state index < -0.39 is 35.2 Å². The van der Waals surface area contributed by atoms with Gasteiger partial charge in [-0.3, -0.25) is 0 Å². The molecule has 1 aromatic carbocycles. The van der Waals surface area contributed by atoms with Gasteiger partial charge >= 0.3 is 18.2 Å². The fraction of sp³-hybridized carbons (Fsp3) is 0.667. The van der Waals surface area contributed by atoms with Gasteiger partial charge < -0.3 is 14.2 Å². The first-order valence-corrected chi connectivity index (χ1v) is 12.3. The molecule has 1 saturated carbocycles. The van der Waals surface area contributed by atoms with Gasteiger partial charge in [0.25, 0.3) is 5.79 Å². The summed E-state index contributed by atoms with van der Waals surface area (Å²) < 4.78 is 33.0. The van der Waals surface area contributed by atoms with E-state index >= 15 is 4.39 Å². The minimum atomic E-state index is -3.10. The fourth-order valence-electron chi connectivity index (χ4n) is 4.12. The Labute approximate surface area is 208 Å². The van der Waals surface area contributed by atoms with Crippen LogP contribution in [0.2, 0.25) is 0 Å². The first kappa shape index (κ1) is 28.6. The smallest absolute Gasteiger partial charge is 0.423 e. The highest BCUT2D eigenvalue weighted by Gasteiger charge is 2.56. The van der Waals surface area contributed by atoms with E-state index in [2.05, 4.69) is 0 Å². The first-order chi connectivity index (χ1) is 16.1. The maximum atomic E-state index is 17.0. The summed E-state index contributed by atoms with van der Waals surface area (Å²) in [6.07, 6.45) is 0.456. The molecule has 35 heavy (non-hydrogen) atoms. The van der Waals surface area contributed by atoms with Crippen LogP contribution in [0.1, 0.15) is 86.1 Å². The van der Waals surface area contributed by atoms with Crippen LogP contribution in [0.25, 0.3) is 0 Å². The van der Waals surface area contributed by atoms with Gasteiger partial charge in [-0.2, -0.15) is 4.90 Å². The van der Waals surface area contributed by atoms with Gasteiger partial charge in [-0.25, -0.2) is 18.8 Å². The summed E-state index contributed by atoms with van der Waals surface area (Å²) in [4.78, 5) is 39.9. The number of imide groups is 1. The minimum absolute atomic E-state index is 0.111. The molecule has 1 unspecified atom stereocenters. The average molecular weight is 494 g/mol. The summed E-state index contributed by atoms with van der Waals surface area (Å²) in [7, 11) is 0. The lowest BCUT2D eigenvalue weighted by Crippen LogP contribution is -2.60. The highest BCUT2D eigenvalue weighted by atomic mass is 19.1. The highest BCUT2D eigenvalue weighted by molar-refractivity contribution is 5.95. The van der Waals surface area contributed by atoms with Crippen molar-refractivity contribution in [3.05, 3.63) is 35.9 Å². The number of rotatable bonds is 6. The summed E-state index contributed by atoms with van der Waals surface area (Å²) in [6.45, 7) is 11.3. The zero-order valence-corrected chi connectivity index (χ0v) is 22.1. The molecule has 0 heterocycles. The summed E-state index contributed by atoms with van der Waals surface area (Å²) in [5.74, 6) is -4.54. The van der Waals surface area contributed by atoms with E-state index in [1.807, 2.05) is 13.0 Å². The van der Waals surface area contributed by atoms with Gasteiger partial charge in [0.15, 0.2) is 0 Å². The Bertz CT molecular complexity index is 848. The van der Waals surface area contributed by atoms with Crippen molar-refractivity contribution in [3.8, 4) is 0 Å². The van der Waals surface area contributed by atoms with Crippen LogP contribution in [0.5, 0.6) is 0 Å². The molecule has 0 spiro atoms. The van der Waals surface area contributed by atoms with Crippen molar-refractivity contribution in [2.75, 3.05) is 0 Å². The number of amides is 2. The molecular formula is C27H40FNO6. The van der Waals surface area contributed by atoms with E-state index in [9.17, 15) is 14.4 Å². The second-order valence-corrected chi connectivity index (χ2v) is 11.3. The van der Waals surface area contributed by atoms with Gasteiger partial charge in [0, 0.05) is 6.42 Å². The Balaban J connectivity index is 2.47. The van der Waals surface area contributed by atoms with Gasteiger partial charge in [0.2, 0.25) is 0 Å². The van der Waals surface area contributed by atoms with E-state index in [-0.39, 0.29) is 29.8 Å². The predicted molar refractivity (Wildman–Crippen MR) is 130 cm³/mol. The molecule has 2 amide bonds. The van der Waals surface area contributed by atoms with Crippen molar-refractivity contribution in [2.24, 2.45) is 11.8 Å². The van der Waals surface area contributed by atoms with Crippen LogP contribution in [0.3, 0.4) is 0 Å². The molecule has 1 fully saturated rings. The molecule has 1 aromatic rings. The summed E-state index contributed by atoms with van der Waals surface area (Å²) >= 11 is 0. The normalized spacial score (nSPS) is 20.3. The molecule has 8 heteroatoms. The van der Waals surface area contributed by atoms with E-state index in [1.165, 1.54) is 0 Å². The van der Waals surface area contributed by atoms with E-state index in [0.717, 1.165) is 19.3 Å². The van der Waals surface area contributed by atoms with Gasteiger partial charge in [-0.15, -0.1) is 0 Å². The number of halogens is 1. The topological polar surface area (TPSA) is 82.1 Å². The first-order valence-electron chi connectivity index (χ1n) is 12.3. The Kier molecular flexibility index (Phi) is 9.31. The molecule has 196 valence electrons. The second kappa shape index (κ2) is 11.4.